The van der Waals surface area contributed by atoms with E-state index in [1.54, 1.807) is 23.5 Å². The van der Waals surface area contributed by atoms with E-state index in [4.69, 9.17) is 9.47 Å². The molecule has 2 aromatic carbocycles. The predicted octanol–water partition coefficient (Wildman–Crippen LogP) is 3.71. The molecule has 9 heteroatoms. The fourth-order valence-electron chi connectivity index (χ4n) is 3.92. The number of rotatable bonds is 5. The average Bonchev–Trinajstić information content (AvgIpc) is 3.47. The summed E-state index contributed by atoms with van der Waals surface area (Å²) in [6, 6.07) is 13.4. The van der Waals surface area contributed by atoms with E-state index in [-0.39, 0.29) is 23.6 Å². The molecule has 0 bridgehead atoms. The second-order valence-corrected chi connectivity index (χ2v) is 10.7. The van der Waals surface area contributed by atoms with Crippen LogP contribution in [-0.2, 0) is 23.0 Å². The normalized spacial score (nSPS) is 16.4. The highest BCUT2D eigenvalue weighted by Gasteiger charge is 2.29. The lowest BCUT2D eigenvalue weighted by Gasteiger charge is -2.26. The van der Waals surface area contributed by atoms with Crippen molar-refractivity contribution in [2.45, 2.75) is 30.8 Å². The monoisotopic (exact) mass is 470 g/mol. The first-order valence-electron chi connectivity index (χ1n) is 10.3. The summed E-state index contributed by atoms with van der Waals surface area (Å²) in [6.45, 7) is 2.85. The van der Waals surface area contributed by atoms with Crippen molar-refractivity contribution < 1.29 is 22.7 Å². The lowest BCUT2D eigenvalue weighted by atomic mass is 10.1. The third kappa shape index (κ3) is 3.87. The van der Waals surface area contributed by atoms with E-state index < -0.39 is 10.0 Å². The minimum atomic E-state index is -3.70. The van der Waals surface area contributed by atoms with Crippen LogP contribution in [0.3, 0.4) is 0 Å². The van der Waals surface area contributed by atoms with Gasteiger partial charge in [0, 0.05) is 23.5 Å². The number of hydrogen-bond donors (Lipinski definition) is 1. The molecule has 1 unspecified atom stereocenters. The number of carbonyl (C=O) groups is 1. The molecule has 32 heavy (non-hydrogen) atoms. The van der Waals surface area contributed by atoms with Gasteiger partial charge in [0.2, 0.25) is 16.8 Å². The minimum Gasteiger partial charge on any atom is -0.454 e. The quantitative estimate of drug-likeness (QED) is 0.615. The van der Waals surface area contributed by atoms with Gasteiger partial charge >= 0.3 is 0 Å². The molecule has 2 aliphatic heterocycles. The van der Waals surface area contributed by atoms with Gasteiger partial charge in [-0.05, 0) is 66.2 Å². The minimum absolute atomic E-state index is 0.125. The zero-order valence-corrected chi connectivity index (χ0v) is 19.0. The number of nitrogens with one attached hydrogen (secondary N) is 1. The van der Waals surface area contributed by atoms with Crippen LogP contribution in [0.1, 0.15) is 39.3 Å². The summed E-state index contributed by atoms with van der Waals surface area (Å²) in [5.74, 6) is 0.982. The average molecular weight is 471 g/mol. The number of nitrogens with zero attached hydrogens (tertiary/aromatic N) is 1. The van der Waals surface area contributed by atoms with Crippen molar-refractivity contribution in [1.29, 1.82) is 0 Å². The molecule has 0 saturated carbocycles. The van der Waals surface area contributed by atoms with Crippen LogP contribution in [0.15, 0.2) is 58.8 Å². The van der Waals surface area contributed by atoms with Gasteiger partial charge in [-0.3, -0.25) is 4.79 Å². The molecule has 5 rings (SSSR count). The summed E-state index contributed by atoms with van der Waals surface area (Å²) in [5, 5.41) is 4.92. The number of thiophene rings is 1. The molecular formula is C23H22N2O5S2. The van der Waals surface area contributed by atoms with Gasteiger partial charge in [0.1, 0.15) is 0 Å². The Morgan fingerprint density at radius 2 is 1.97 bits per heavy atom. The van der Waals surface area contributed by atoms with Crippen molar-refractivity contribution in [3.63, 3.8) is 0 Å². The number of amides is 1. The number of ether oxygens (including phenoxy) is 2. The number of carbonyl (C=O) groups excluding carboxylic acids is 1. The highest BCUT2D eigenvalue weighted by molar-refractivity contribution is 7.89. The summed E-state index contributed by atoms with van der Waals surface area (Å²) >= 11 is 1.66. The predicted molar refractivity (Wildman–Crippen MR) is 121 cm³/mol. The molecule has 1 N–H and O–H groups in total. The van der Waals surface area contributed by atoms with Crippen LogP contribution in [-0.4, -0.2) is 32.0 Å². The van der Waals surface area contributed by atoms with Crippen LogP contribution in [0.2, 0.25) is 0 Å². The van der Waals surface area contributed by atoms with Crippen LogP contribution in [0, 0.1) is 0 Å². The zero-order chi connectivity index (χ0) is 22.3. The molecule has 1 aromatic heterocycles. The second-order valence-electron chi connectivity index (χ2n) is 7.79. The summed E-state index contributed by atoms with van der Waals surface area (Å²) in [4.78, 5) is 14.2. The molecule has 166 valence electrons. The molecule has 7 nitrogen and oxygen atoms in total. The van der Waals surface area contributed by atoms with Crippen LogP contribution in [0.25, 0.3) is 0 Å². The molecule has 0 spiro atoms. The first-order chi connectivity index (χ1) is 15.4. The Morgan fingerprint density at radius 1 is 1.12 bits per heavy atom. The van der Waals surface area contributed by atoms with Gasteiger partial charge in [0.05, 0.1) is 10.9 Å². The smallest absolute Gasteiger partial charge is 0.251 e. The van der Waals surface area contributed by atoms with Gasteiger partial charge in [-0.15, -0.1) is 11.3 Å². The molecule has 0 radical (unpaired) electrons. The summed E-state index contributed by atoms with van der Waals surface area (Å²) < 4.78 is 38.6. The maximum absolute atomic E-state index is 13.2. The molecule has 0 aliphatic carbocycles. The summed E-state index contributed by atoms with van der Waals surface area (Å²) in [6.07, 6.45) is 0.708. The van der Waals surface area contributed by atoms with Gasteiger partial charge in [0.15, 0.2) is 11.5 Å². The molecule has 3 aromatic rings. The van der Waals surface area contributed by atoms with Gasteiger partial charge in [0.25, 0.3) is 5.91 Å². The van der Waals surface area contributed by atoms with Gasteiger partial charge < -0.3 is 14.8 Å². The van der Waals surface area contributed by atoms with Crippen molar-refractivity contribution in [2.75, 3.05) is 13.3 Å². The number of benzene rings is 2. The SMILES string of the molecule is CC(NC(=O)c1cccc(S(=O)(=O)N2CCc3sccc3C2)c1)c1ccc2c(c1)OCO2. The first kappa shape index (κ1) is 21.0. The Kier molecular flexibility index (Phi) is 5.40. The maximum Gasteiger partial charge on any atom is 0.251 e. The Morgan fingerprint density at radius 3 is 2.84 bits per heavy atom. The molecule has 3 heterocycles. The van der Waals surface area contributed by atoms with Gasteiger partial charge in [-0.25, -0.2) is 8.42 Å². The first-order valence-corrected chi connectivity index (χ1v) is 12.6. The Bertz CT molecular complexity index is 1290. The maximum atomic E-state index is 13.2. The van der Waals surface area contributed by atoms with E-state index in [0.717, 1.165) is 11.1 Å². The Labute approximate surface area is 190 Å². The standard InChI is InChI=1S/C23H22N2O5S2/c1-15(16-5-6-20-21(12-16)30-14-29-20)24-23(26)17-3-2-4-19(11-17)32(27,28)25-9-7-22-18(13-25)8-10-31-22/h2-6,8,10-12,15H,7,9,13-14H2,1H3,(H,24,26). The fourth-order valence-corrected chi connectivity index (χ4v) is 6.28. The number of fused-ring (bicyclic) bond motifs is 2. The van der Waals surface area contributed by atoms with E-state index in [1.807, 2.05) is 36.6 Å². The van der Waals surface area contributed by atoms with Crippen molar-refractivity contribution in [3.05, 3.63) is 75.5 Å². The highest BCUT2D eigenvalue weighted by atomic mass is 32.2. The third-order valence-corrected chi connectivity index (χ3v) is 8.62. The van der Waals surface area contributed by atoms with E-state index in [0.29, 0.717) is 36.6 Å². The summed E-state index contributed by atoms with van der Waals surface area (Å²) in [7, 11) is -3.70. The van der Waals surface area contributed by atoms with Crippen LogP contribution < -0.4 is 14.8 Å². The lowest BCUT2D eigenvalue weighted by molar-refractivity contribution is 0.0939. The number of sulfonamides is 1. The van der Waals surface area contributed by atoms with Gasteiger partial charge in [-0.2, -0.15) is 4.31 Å². The van der Waals surface area contributed by atoms with E-state index >= 15 is 0 Å². The molecule has 1 atom stereocenters. The topological polar surface area (TPSA) is 84.9 Å². The Hall–Kier alpha value is -2.88. The Balaban J connectivity index is 1.32. The molecular weight excluding hydrogens is 448 g/mol. The molecule has 0 fully saturated rings. The molecule has 2 aliphatic rings. The highest BCUT2D eigenvalue weighted by Crippen LogP contribution is 2.34. The van der Waals surface area contributed by atoms with Crippen LogP contribution in [0.4, 0.5) is 0 Å². The zero-order valence-electron chi connectivity index (χ0n) is 17.4. The van der Waals surface area contributed by atoms with E-state index in [2.05, 4.69) is 5.32 Å². The fraction of sp³-hybridized carbons (Fsp3) is 0.261. The lowest BCUT2D eigenvalue weighted by Crippen LogP contribution is -2.35. The van der Waals surface area contributed by atoms with Crippen molar-refractivity contribution >= 4 is 27.3 Å². The van der Waals surface area contributed by atoms with Crippen molar-refractivity contribution in [3.8, 4) is 11.5 Å². The van der Waals surface area contributed by atoms with Gasteiger partial charge in [-0.1, -0.05) is 12.1 Å². The largest absolute Gasteiger partial charge is 0.454 e. The third-order valence-electron chi connectivity index (χ3n) is 5.75. The summed E-state index contributed by atoms with van der Waals surface area (Å²) in [5.41, 5.74) is 2.22. The van der Waals surface area contributed by atoms with Crippen molar-refractivity contribution in [2.24, 2.45) is 0 Å². The molecule has 0 saturated heterocycles. The van der Waals surface area contributed by atoms with E-state index in [9.17, 15) is 13.2 Å². The molecule has 1 amide bonds. The van der Waals surface area contributed by atoms with E-state index in [1.165, 1.54) is 21.3 Å². The van der Waals surface area contributed by atoms with Crippen LogP contribution in [0.5, 0.6) is 11.5 Å². The second kappa shape index (κ2) is 8.23. The van der Waals surface area contributed by atoms with Crippen LogP contribution >= 0.6 is 11.3 Å². The number of hydrogen-bond acceptors (Lipinski definition) is 6. The van der Waals surface area contributed by atoms with Crippen molar-refractivity contribution in [1.82, 2.24) is 9.62 Å².